The predicted molar refractivity (Wildman–Crippen MR) is 62.2 cm³/mol. The monoisotopic (exact) mass is 227 g/mol. The van der Waals surface area contributed by atoms with Gasteiger partial charge in [0.25, 0.3) is 0 Å². The number of nitrogens with two attached hydrogens (primary N) is 1. The summed E-state index contributed by atoms with van der Waals surface area (Å²) in [6.07, 6.45) is 1.78. The number of carbonyl (C=O) groups excluding carboxylic acids is 1. The minimum absolute atomic E-state index is 0.00921. The van der Waals surface area contributed by atoms with Crippen LogP contribution in [0.2, 0.25) is 0 Å². The van der Waals surface area contributed by atoms with Crippen LogP contribution in [-0.4, -0.2) is 34.9 Å². The molecule has 5 heteroatoms. The van der Waals surface area contributed by atoms with Crippen molar-refractivity contribution in [3.63, 3.8) is 0 Å². The average Bonchev–Trinajstić information content (AvgIpc) is 2.26. The zero-order valence-electron chi connectivity index (χ0n) is 10.2. The van der Waals surface area contributed by atoms with Crippen molar-refractivity contribution in [2.24, 2.45) is 22.2 Å². The Balaban J connectivity index is 2.68. The molecule has 92 valence electrons. The fourth-order valence-corrected chi connectivity index (χ4v) is 1.96. The lowest BCUT2D eigenvalue weighted by molar-refractivity contribution is -0.140. The maximum absolute atomic E-state index is 12.1. The first kappa shape index (κ1) is 12.8. The molecule has 1 heterocycles. The lowest BCUT2D eigenvalue weighted by atomic mass is 9.91. The Morgan fingerprint density at radius 3 is 2.62 bits per heavy atom. The van der Waals surface area contributed by atoms with Crippen LogP contribution in [0.15, 0.2) is 5.16 Å². The molecule has 1 fully saturated rings. The van der Waals surface area contributed by atoms with Gasteiger partial charge in [0.2, 0.25) is 5.91 Å². The zero-order valence-corrected chi connectivity index (χ0v) is 10.2. The molecule has 0 saturated carbocycles. The van der Waals surface area contributed by atoms with E-state index in [2.05, 4.69) is 5.16 Å². The van der Waals surface area contributed by atoms with Crippen LogP contribution in [0, 0.1) is 11.3 Å². The molecular weight excluding hydrogens is 206 g/mol. The fraction of sp³-hybridized carbons (Fsp3) is 0.818. The Morgan fingerprint density at radius 1 is 1.50 bits per heavy atom. The maximum Gasteiger partial charge on any atom is 0.227 e. The molecule has 0 aromatic heterocycles. The van der Waals surface area contributed by atoms with Crippen LogP contribution in [0.3, 0.4) is 0 Å². The highest BCUT2D eigenvalue weighted by Crippen LogP contribution is 2.23. The molecule has 0 aliphatic carbocycles. The van der Waals surface area contributed by atoms with Crippen LogP contribution in [0.25, 0.3) is 0 Å². The molecule has 0 spiro atoms. The third-order valence-electron chi connectivity index (χ3n) is 2.88. The Hall–Kier alpha value is -1.26. The maximum atomic E-state index is 12.1. The smallest absolute Gasteiger partial charge is 0.227 e. The predicted octanol–water partition coefficient (Wildman–Crippen LogP) is 1.02. The normalized spacial score (nSPS) is 23.3. The Labute approximate surface area is 96.3 Å². The van der Waals surface area contributed by atoms with E-state index in [1.54, 1.807) is 0 Å². The Morgan fingerprint density at radius 2 is 2.12 bits per heavy atom. The quantitative estimate of drug-likeness (QED) is 0.304. The highest BCUT2D eigenvalue weighted by Gasteiger charge is 2.32. The summed E-state index contributed by atoms with van der Waals surface area (Å²) in [4.78, 5) is 13.9. The number of piperidine rings is 1. The number of likely N-dealkylation sites (tertiary alicyclic amines) is 1. The van der Waals surface area contributed by atoms with Crippen LogP contribution >= 0.6 is 0 Å². The van der Waals surface area contributed by atoms with E-state index in [9.17, 15) is 4.79 Å². The van der Waals surface area contributed by atoms with Gasteiger partial charge in [0.15, 0.2) is 0 Å². The van der Waals surface area contributed by atoms with Gasteiger partial charge in [-0.2, -0.15) is 0 Å². The van der Waals surface area contributed by atoms with E-state index < -0.39 is 0 Å². The van der Waals surface area contributed by atoms with Crippen molar-refractivity contribution in [2.45, 2.75) is 33.6 Å². The summed E-state index contributed by atoms with van der Waals surface area (Å²) in [6, 6.07) is 0. The molecule has 16 heavy (non-hydrogen) atoms. The third-order valence-corrected chi connectivity index (χ3v) is 2.88. The van der Waals surface area contributed by atoms with Crippen LogP contribution < -0.4 is 5.73 Å². The van der Waals surface area contributed by atoms with Crippen LogP contribution in [0.4, 0.5) is 0 Å². The molecule has 0 aromatic rings. The average molecular weight is 227 g/mol. The van der Waals surface area contributed by atoms with Crippen molar-refractivity contribution in [1.29, 1.82) is 0 Å². The lowest BCUT2D eigenvalue weighted by Gasteiger charge is -2.35. The highest BCUT2D eigenvalue weighted by molar-refractivity contribution is 5.85. The molecule has 5 nitrogen and oxygen atoms in total. The second-order valence-electron chi connectivity index (χ2n) is 5.37. The second-order valence-corrected chi connectivity index (χ2v) is 5.37. The second kappa shape index (κ2) is 4.72. The summed E-state index contributed by atoms with van der Waals surface area (Å²) in [5.41, 5.74) is 5.21. The zero-order chi connectivity index (χ0) is 12.3. The number of oxime groups is 1. The SMILES string of the molecule is CC(C)(C)C(=O)N1CCCC(C(N)=NO)C1. The first-order valence-electron chi connectivity index (χ1n) is 5.63. The number of carbonyl (C=O) groups is 1. The van der Waals surface area contributed by atoms with Gasteiger partial charge in [0.05, 0.1) is 0 Å². The van der Waals surface area contributed by atoms with Crippen molar-refractivity contribution < 1.29 is 10.0 Å². The van der Waals surface area contributed by atoms with Gasteiger partial charge in [0.1, 0.15) is 5.84 Å². The van der Waals surface area contributed by atoms with Crippen molar-refractivity contribution in [3.8, 4) is 0 Å². The van der Waals surface area contributed by atoms with E-state index in [1.165, 1.54) is 0 Å². The molecule has 1 atom stereocenters. The van der Waals surface area contributed by atoms with Crippen LogP contribution in [0.1, 0.15) is 33.6 Å². The molecule has 1 aliphatic rings. The number of nitrogens with zero attached hydrogens (tertiary/aromatic N) is 2. The summed E-state index contributed by atoms with van der Waals surface area (Å²) >= 11 is 0. The van der Waals surface area contributed by atoms with Gasteiger partial charge in [-0.05, 0) is 12.8 Å². The van der Waals surface area contributed by atoms with Gasteiger partial charge >= 0.3 is 0 Å². The Bertz CT molecular complexity index is 294. The minimum atomic E-state index is -0.368. The fourth-order valence-electron chi connectivity index (χ4n) is 1.96. The number of hydrogen-bond acceptors (Lipinski definition) is 3. The van der Waals surface area contributed by atoms with Crippen molar-refractivity contribution in [3.05, 3.63) is 0 Å². The summed E-state index contributed by atoms with van der Waals surface area (Å²) in [5, 5.41) is 11.7. The van der Waals surface area contributed by atoms with Crippen molar-refractivity contribution in [2.75, 3.05) is 13.1 Å². The molecule has 1 aliphatic heterocycles. The molecule has 0 bridgehead atoms. The van der Waals surface area contributed by atoms with Crippen molar-refractivity contribution >= 4 is 11.7 Å². The van der Waals surface area contributed by atoms with Gasteiger partial charge in [0, 0.05) is 24.4 Å². The molecule has 0 aromatic carbocycles. The summed E-state index contributed by atoms with van der Waals surface area (Å²) in [6.45, 7) is 7.05. The Kier molecular flexibility index (Phi) is 3.78. The summed E-state index contributed by atoms with van der Waals surface area (Å²) in [7, 11) is 0. The largest absolute Gasteiger partial charge is 0.409 e. The lowest BCUT2D eigenvalue weighted by Crippen LogP contribution is -2.47. The van der Waals surface area contributed by atoms with E-state index in [0.29, 0.717) is 6.54 Å². The van der Waals surface area contributed by atoms with E-state index in [-0.39, 0.29) is 23.1 Å². The molecule has 1 saturated heterocycles. The van der Waals surface area contributed by atoms with Gasteiger partial charge in [-0.1, -0.05) is 25.9 Å². The van der Waals surface area contributed by atoms with Crippen molar-refractivity contribution in [1.82, 2.24) is 4.90 Å². The number of amidine groups is 1. The molecule has 1 rings (SSSR count). The summed E-state index contributed by atoms with van der Waals surface area (Å²) < 4.78 is 0. The number of rotatable bonds is 1. The van der Waals surface area contributed by atoms with Gasteiger partial charge in [-0.25, -0.2) is 0 Å². The summed E-state index contributed by atoms with van der Waals surface area (Å²) in [5.74, 6) is 0.347. The van der Waals surface area contributed by atoms with E-state index in [4.69, 9.17) is 10.9 Å². The van der Waals surface area contributed by atoms with Gasteiger partial charge in [-0.15, -0.1) is 0 Å². The van der Waals surface area contributed by atoms with E-state index in [0.717, 1.165) is 19.4 Å². The topological polar surface area (TPSA) is 78.9 Å². The van der Waals surface area contributed by atoms with Gasteiger partial charge in [-0.3, -0.25) is 4.79 Å². The number of amides is 1. The molecule has 1 amide bonds. The third kappa shape index (κ3) is 2.87. The first-order chi connectivity index (χ1) is 7.36. The number of hydrogen-bond donors (Lipinski definition) is 2. The first-order valence-corrected chi connectivity index (χ1v) is 5.63. The molecule has 3 N–H and O–H groups in total. The van der Waals surface area contributed by atoms with Crippen LogP contribution in [-0.2, 0) is 4.79 Å². The van der Waals surface area contributed by atoms with Crippen LogP contribution in [0.5, 0.6) is 0 Å². The molecule has 0 radical (unpaired) electrons. The molecule has 1 unspecified atom stereocenters. The highest BCUT2D eigenvalue weighted by atomic mass is 16.4. The molecular formula is C11H21N3O2. The van der Waals surface area contributed by atoms with E-state index in [1.807, 2.05) is 25.7 Å². The van der Waals surface area contributed by atoms with E-state index >= 15 is 0 Å². The van der Waals surface area contributed by atoms with Gasteiger partial charge < -0.3 is 15.8 Å². The standard InChI is InChI=1S/C11H21N3O2/c1-11(2,3)10(15)14-6-4-5-8(7-14)9(12)13-16/h8,16H,4-7H2,1-3H3,(H2,12,13). The minimum Gasteiger partial charge on any atom is -0.409 e.